The van der Waals surface area contributed by atoms with Crippen molar-refractivity contribution in [3.8, 4) is 0 Å². The van der Waals surface area contributed by atoms with Gasteiger partial charge in [-0.2, -0.15) is 0 Å². The Morgan fingerprint density at radius 2 is 1.82 bits per heavy atom. The molecule has 3 rings (SSSR count). The van der Waals surface area contributed by atoms with Gasteiger partial charge in [0.05, 0.1) is 15.5 Å². The number of hydrogen-bond donors (Lipinski definition) is 1. The van der Waals surface area contributed by atoms with Gasteiger partial charge in [0.25, 0.3) is 11.8 Å². The van der Waals surface area contributed by atoms with Crippen molar-refractivity contribution in [3.63, 3.8) is 0 Å². The molecule has 0 spiro atoms. The highest BCUT2D eigenvalue weighted by Gasteiger charge is 2.29. The molecule has 0 radical (unpaired) electrons. The summed E-state index contributed by atoms with van der Waals surface area (Å²) in [6.07, 6.45) is 0. The van der Waals surface area contributed by atoms with Crippen molar-refractivity contribution in [2.45, 2.75) is 13.0 Å². The Labute approximate surface area is 170 Å². The molecule has 1 aromatic heterocycles. The Morgan fingerprint density at radius 1 is 1.14 bits per heavy atom. The number of hydrogen-bond acceptors (Lipinski definition) is 4. The molecule has 9 heteroatoms. The molecule has 1 fully saturated rings. The number of nitrogens with one attached hydrogen (secondary N) is 1. The number of benzene rings is 1. The number of amides is 3. The zero-order valence-corrected chi connectivity index (χ0v) is 16.7. The van der Waals surface area contributed by atoms with Crippen LogP contribution in [0.25, 0.3) is 0 Å². The molecule has 148 valence electrons. The van der Waals surface area contributed by atoms with Gasteiger partial charge in [-0.3, -0.25) is 14.4 Å². The van der Waals surface area contributed by atoms with Crippen LogP contribution in [-0.4, -0.2) is 59.7 Å². The van der Waals surface area contributed by atoms with E-state index in [1.807, 2.05) is 0 Å². The highest BCUT2D eigenvalue weighted by Crippen LogP contribution is 2.20. The quantitative estimate of drug-likeness (QED) is 0.821. The lowest BCUT2D eigenvalue weighted by Gasteiger charge is -2.36. The minimum atomic E-state index is -0.664. The van der Waals surface area contributed by atoms with Crippen LogP contribution in [-0.2, 0) is 4.79 Å². The van der Waals surface area contributed by atoms with E-state index in [-0.39, 0.29) is 28.3 Å². The van der Waals surface area contributed by atoms with Gasteiger partial charge in [0.15, 0.2) is 0 Å². The van der Waals surface area contributed by atoms with Crippen LogP contribution < -0.4 is 5.32 Å². The van der Waals surface area contributed by atoms with Gasteiger partial charge in [-0.05, 0) is 36.6 Å². The number of thiophene rings is 1. The molecule has 1 N–H and O–H groups in total. The number of rotatable bonds is 4. The maximum Gasteiger partial charge on any atom is 0.261 e. The number of carbonyl (C=O) groups is 3. The fourth-order valence-corrected chi connectivity index (χ4v) is 3.85. The monoisotopic (exact) mass is 423 g/mol. The van der Waals surface area contributed by atoms with Crippen molar-refractivity contribution in [1.29, 1.82) is 0 Å². The summed E-state index contributed by atoms with van der Waals surface area (Å²) < 4.78 is 13.2. The summed E-state index contributed by atoms with van der Waals surface area (Å²) in [5, 5.41) is 4.56. The molecule has 1 saturated heterocycles. The van der Waals surface area contributed by atoms with Crippen molar-refractivity contribution < 1.29 is 18.8 Å². The largest absolute Gasteiger partial charge is 0.340 e. The lowest BCUT2D eigenvalue weighted by Crippen LogP contribution is -2.55. The van der Waals surface area contributed by atoms with Crippen LogP contribution in [0.3, 0.4) is 0 Å². The Morgan fingerprint density at radius 3 is 2.43 bits per heavy atom. The summed E-state index contributed by atoms with van der Waals surface area (Å²) in [5.41, 5.74) is 0.236. The molecule has 28 heavy (non-hydrogen) atoms. The van der Waals surface area contributed by atoms with E-state index in [4.69, 9.17) is 11.6 Å². The van der Waals surface area contributed by atoms with Gasteiger partial charge in [0.2, 0.25) is 5.91 Å². The SMILES string of the molecule is CC(NC(=O)c1cccs1)C(=O)N1CCN(C(=O)c2ccc(F)cc2Cl)CC1. The minimum Gasteiger partial charge on any atom is -0.340 e. The highest BCUT2D eigenvalue weighted by atomic mass is 35.5. The number of piperazine rings is 1. The zero-order valence-electron chi connectivity index (χ0n) is 15.2. The normalized spacial score (nSPS) is 15.2. The molecule has 1 atom stereocenters. The maximum absolute atomic E-state index is 13.2. The van der Waals surface area contributed by atoms with Crippen molar-refractivity contribution in [3.05, 3.63) is 57.0 Å². The molecular formula is C19H19ClFN3O3S. The molecule has 3 amide bonds. The predicted octanol–water partition coefficient (Wildman–Crippen LogP) is 2.64. The second kappa shape index (κ2) is 8.70. The molecule has 0 bridgehead atoms. The number of carbonyl (C=O) groups excluding carboxylic acids is 3. The van der Waals surface area contributed by atoms with Crippen molar-refractivity contribution in [2.24, 2.45) is 0 Å². The Bertz CT molecular complexity index is 883. The second-order valence-corrected chi connectivity index (χ2v) is 7.77. The van der Waals surface area contributed by atoms with Crippen LogP contribution in [0.1, 0.15) is 27.0 Å². The van der Waals surface area contributed by atoms with Crippen LogP contribution >= 0.6 is 22.9 Å². The minimum absolute atomic E-state index is 0.0633. The Hall–Kier alpha value is -2.45. The topological polar surface area (TPSA) is 69.7 Å². The van der Waals surface area contributed by atoms with Crippen LogP contribution in [0.4, 0.5) is 4.39 Å². The van der Waals surface area contributed by atoms with Crippen LogP contribution in [0.2, 0.25) is 5.02 Å². The fraction of sp³-hybridized carbons (Fsp3) is 0.316. The summed E-state index contributed by atoms with van der Waals surface area (Å²) >= 11 is 7.27. The summed E-state index contributed by atoms with van der Waals surface area (Å²) in [7, 11) is 0. The smallest absolute Gasteiger partial charge is 0.261 e. The van der Waals surface area contributed by atoms with E-state index in [9.17, 15) is 18.8 Å². The molecule has 1 unspecified atom stereocenters. The van der Waals surface area contributed by atoms with Gasteiger partial charge in [-0.1, -0.05) is 17.7 Å². The third kappa shape index (κ3) is 4.51. The first-order valence-electron chi connectivity index (χ1n) is 8.74. The molecule has 2 heterocycles. The predicted molar refractivity (Wildman–Crippen MR) is 105 cm³/mol. The van der Waals surface area contributed by atoms with Crippen molar-refractivity contribution >= 4 is 40.7 Å². The third-order valence-corrected chi connectivity index (χ3v) is 5.68. The van der Waals surface area contributed by atoms with Gasteiger partial charge in [-0.25, -0.2) is 4.39 Å². The van der Waals surface area contributed by atoms with Gasteiger partial charge in [0.1, 0.15) is 11.9 Å². The summed E-state index contributed by atoms with van der Waals surface area (Å²) in [6.45, 7) is 3.02. The average molecular weight is 424 g/mol. The summed E-state index contributed by atoms with van der Waals surface area (Å²) in [6, 6.07) is 6.46. The van der Waals surface area contributed by atoms with Crippen LogP contribution in [0.5, 0.6) is 0 Å². The first-order valence-corrected chi connectivity index (χ1v) is 10.00. The first-order chi connectivity index (χ1) is 13.4. The van der Waals surface area contributed by atoms with E-state index < -0.39 is 11.9 Å². The van der Waals surface area contributed by atoms with Gasteiger partial charge >= 0.3 is 0 Å². The average Bonchev–Trinajstić information content (AvgIpc) is 3.22. The molecule has 0 saturated carbocycles. The van der Waals surface area contributed by atoms with Crippen molar-refractivity contribution in [2.75, 3.05) is 26.2 Å². The first kappa shape index (κ1) is 20.3. The molecule has 1 aliphatic rings. The van der Waals surface area contributed by atoms with E-state index >= 15 is 0 Å². The fourth-order valence-electron chi connectivity index (χ4n) is 2.97. The second-order valence-electron chi connectivity index (χ2n) is 6.41. The van der Waals surface area contributed by atoms with E-state index in [1.165, 1.54) is 23.5 Å². The lowest BCUT2D eigenvalue weighted by atomic mass is 10.1. The number of halogens is 2. The Balaban J connectivity index is 1.54. The molecule has 1 aromatic carbocycles. The van der Waals surface area contributed by atoms with Crippen LogP contribution in [0.15, 0.2) is 35.7 Å². The van der Waals surface area contributed by atoms with Crippen molar-refractivity contribution in [1.82, 2.24) is 15.1 Å². The molecule has 1 aliphatic heterocycles. The molecule has 6 nitrogen and oxygen atoms in total. The lowest BCUT2D eigenvalue weighted by molar-refractivity contribution is -0.134. The third-order valence-electron chi connectivity index (χ3n) is 4.50. The van der Waals surface area contributed by atoms with Gasteiger partial charge in [-0.15, -0.1) is 11.3 Å². The molecule has 2 aromatic rings. The Kier molecular flexibility index (Phi) is 6.31. The highest BCUT2D eigenvalue weighted by molar-refractivity contribution is 7.12. The van der Waals surface area contributed by atoms with E-state index in [0.29, 0.717) is 31.1 Å². The van der Waals surface area contributed by atoms with Gasteiger partial charge < -0.3 is 15.1 Å². The zero-order chi connectivity index (χ0) is 20.3. The van der Waals surface area contributed by atoms with Crippen LogP contribution in [0, 0.1) is 5.82 Å². The van der Waals surface area contributed by atoms with Gasteiger partial charge in [0, 0.05) is 26.2 Å². The van der Waals surface area contributed by atoms with E-state index in [2.05, 4.69) is 5.32 Å². The van der Waals surface area contributed by atoms with E-state index in [1.54, 1.807) is 34.2 Å². The summed E-state index contributed by atoms with van der Waals surface area (Å²) in [4.78, 5) is 41.0. The van der Waals surface area contributed by atoms with E-state index in [0.717, 1.165) is 6.07 Å². The number of nitrogens with zero attached hydrogens (tertiary/aromatic N) is 2. The maximum atomic E-state index is 13.2. The summed E-state index contributed by atoms with van der Waals surface area (Å²) in [5.74, 6) is -1.28. The molecular weight excluding hydrogens is 405 g/mol. The standard InChI is InChI=1S/C19H19ClFN3O3S/c1-12(22-17(25)16-3-2-10-28-16)18(26)23-6-8-24(9-7-23)19(27)14-5-4-13(21)11-15(14)20/h2-5,10-12H,6-9H2,1H3,(H,22,25). The molecule has 0 aliphatic carbocycles.